The van der Waals surface area contributed by atoms with Gasteiger partial charge in [0.05, 0.1) is 16.1 Å². The minimum Gasteiger partial charge on any atom is -0.481 e. The van der Waals surface area contributed by atoms with Gasteiger partial charge >= 0.3 is 11.9 Å². The quantitative estimate of drug-likeness (QED) is 0.449. The van der Waals surface area contributed by atoms with Gasteiger partial charge in [0.15, 0.2) is 6.61 Å². The molecule has 0 atom stereocenters. The predicted octanol–water partition coefficient (Wildman–Crippen LogP) is 4.76. The molecule has 25 heavy (non-hydrogen) atoms. The third kappa shape index (κ3) is 6.17. The van der Waals surface area contributed by atoms with E-state index < -0.39 is 11.9 Å². The Labute approximate surface area is 162 Å². The third-order valence-corrected chi connectivity index (χ3v) is 4.00. The molecular formula is C18H16Br2O5. The first-order chi connectivity index (χ1) is 11.8. The van der Waals surface area contributed by atoms with E-state index in [1.165, 1.54) is 6.07 Å². The Morgan fingerprint density at radius 3 is 2.52 bits per heavy atom. The minimum atomic E-state index is -0.579. The number of halogens is 2. The molecule has 0 aliphatic heterocycles. The molecule has 0 aliphatic carbocycles. The Hall–Kier alpha value is -1.86. The first kappa shape index (κ1) is 19.5. The number of benzene rings is 2. The zero-order valence-corrected chi connectivity index (χ0v) is 16.8. The minimum absolute atomic E-state index is 0.225. The monoisotopic (exact) mass is 470 g/mol. The van der Waals surface area contributed by atoms with Crippen molar-refractivity contribution < 1.29 is 23.8 Å². The summed E-state index contributed by atoms with van der Waals surface area (Å²) in [6.07, 6.45) is -0.225. The number of carbonyl (C=O) groups is 2. The number of rotatable bonds is 6. The molecule has 0 amide bonds. The van der Waals surface area contributed by atoms with E-state index in [9.17, 15) is 9.59 Å². The smallest absolute Gasteiger partial charge is 0.349 e. The van der Waals surface area contributed by atoms with E-state index in [0.717, 1.165) is 4.47 Å². The van der Waals surface area contributed by atoms with Crippen LogP contribution in [0.25, 0.3) is 0 Å². The van der Waals surface area contributed by atoms with Gasteiger partial charge in [0.25, 0.3) is 0 Å². The highest BCUT2D eigenvalue weighted by Gasteiger charge is 2.13. The molecule has 0 N–H and O–H groups in total. The van der Waals surface area contributed by atoms with Crippen LogP contribution < -0.4 is 9.47 Å². The molecule has 7 heteroatoms. The van der Waals surface area contributed by atoms with Crippen LogP contribution in [0.5, 0.6) is 11.5 Å². The fourth-order valence-electron chi connectivity index (χ4n) is 1.86. The number of hydrogen-bond donors (Lipinski definition) is 0. The van der Waals surface area contributed by atoms with Gasteiger partial charge in [-0.2, -0.15) is 0 Å². The predicted molar refractivity (Wildman–Crippen MR) is 100.0 cm³/mol. The van der Waals surface area contributed by atoms with Crippen LogP contribution in [0.3, 0.4) is 0 Å². The molecule has 132 valence electrons. The van der Waals surface area contributed by atoms with Crippen molar-refractivity contribution >= 4 is 43.8 Å². The summed E-state index contributed by atoms with van der Waals surface area (Å²) in [5.74, 6) is -0.275. The molecular weight excluding hydrogens is 456 g/mol. The molecule has 0 aromatic heterocycles. The molecule has 5 nitrogen and oxygen atoms in total. The second kappa shape index (κ2) is 9.01. The Kier molecular flexibility index (Phi) is 7.01. The van der Waals surface area contributed by atoms with Gasteiger partial charge in [0, 0.05) is 4.47 Å². The van der Waals surface area contributed by atoms with Crippen LogP contribution in [0.4, 0.5) is 0 Å². The van der Waals surface area contributed by atoms with Crippen molar-refractivity contribution in [2.24, 2.45) is 0 Å². The maximum Gasteiger partial charge on any atom is 0.349 e. The van der Waals surface area contributed by atoms with Crippen LogP contribution in [0.15, 0.2) is 51.4 Å². The lowest BCUT2D eigenvalue weighted by molar-refractivity contribution is -0.136. The van der Waals surface area contributed by atoms with Gasteiger partial charge < -0.3 is 14.2 Å². The van der Waals surface area contributed by atoms with E-state index in [2.05, 4.69) is 31.9 Å². The van der Waals surface area contributed by atoms with Gasteiger partial charge in [-0.1, -0.05) is 22.0 Å². The first-order valence-electron chi connectivity index (χ1n) is 7.44. The molecule has 0 unspecified atom stereocenters. The van der Waals surface area contributed by atoms with Gasteiger partial charge in [0.2, 0.25) is 0 Å². The largest absolute Gasteiger partial charge is 0.481 e. The lowest BCUT2D eigenvalue weighted by atomic mass is 10.2. The summed E-state index contributed by atoms with van der Waals surface area (Å²) >= 11 is 6.69. The van der Waals surface area contributed by atoms with Crippen LogP contribution in [-0.2, 0) is 9.53 Å². The molecule has 2 aromatic carbocycles. The van der Waals surface area contributed by atoms with Crippen molar-refractivity contribution in [1.82, 2.24) is 0 Å². The Morgan fingerprint density at radius 1 is 1.08 bits per heavy atom. The molecule has 0 radical (unpaired) electrons. The first-order valence-corrected chi connectivity index (χ1v) is 9.03. The molecule has 0 bridgehead atoms. The second-order valence-corrected chi connectivity index (χ2v) is 7.09. The van der Waals surface area contributed by atoms with Gasteiger partial charge in [0.1, 0.15) is 11.5 Å². The molecule has 0 aliphatic rings. The summed E-state index contributed by atoms with van der Waals surface area (Å²) in [5, 5.41) is 0. The average Bonchev–Trinajstić information content (AvgIpc) is 2.53. The van der Waals surface area contributed by atoms with Crippen molar-refractivity contribution in [3.63, 3.8) is 0 Å². The summed E-state index contributed by atoms with van der Waals surface area (Å²) in [7, 11) is 0. The maximum absolute atomic E-state index is 11.9. The summed E-state index contributed by atoms with van der Waals surface area (Å²) in [5.41, 5.74) is 0.315. The van der Waals surface area contributed by atoms with Crippen molar-refractivity contribution in [2.45, 2.75) is 20.0 Å². The van der Waals surface area contributed by atoms with Crippen molar-refractivity contribution in [3.8, 4) is 11.5 Å². The molecule has 0 fully saturated rings. The normalized spacial score (nSPS) is 10.4. The van der Waals surface area contributed by atoms with Gasteiger partial charge in [-0.15, -0.1) is 0 Å². The third-order valence-electron chi connectivity index (χ3n) is 2.88. The van der Waals surface area contributed by atoms with Gasteiger partial charge in [-0.3, -0.25) is 0 Å². The van der Waals surface area contributed by atoms with Crippen LogP contribution in [-0.4, -0.2) is 24.6 Å². The number of esters is 2. The van der Waals surface area contributed by atoms with Crippen LogP contribution in [0.1, 0.15) is 24.2 Å². The lowest BCUT2D eigenvalue weighted by Gasteiger charge is -2.10. The molecule has 2 rings (SSSR count). The van der Waals surface area contributed by atoms with Crippen LogP contribution in [0.2, 0.25) is 0 Å². The number of hydrogen-bond acceptors (Lipinski definition) is 5. The van der Waals surface area contributed by atoms with E-state index in [0.29, 0.717) is 15.8 Å². The van der Waals surface area contributed by atoms with Crippen molar-refractivity contribution in [2.75, 3.05) is 6.61 Å². The standard InChI is InChI=1S/C18H16Br2O5/c1-11(2)24-18(22)12-4-3-5-14(8-12)25-17(21)10-23-16-7-6-13(19)9-15(16)20/h3-9,11H,10H2,1-2H3. The Morgan fingerprint density at radius 2 is 1.84 bits per heavy atom. The van der Waals surface area contributed by atoms with E-state index in [1.807, 2.05) is 6.07 Å². The fraction of sp³-hybridized carbons (Fsp3) is 0.222. The zero-order chi connectivity index (χ0) is 18.4. The van der Waals surface area contributed by atoms with Crippen LogP contribution in [0, 0.1) is 0 Å². The SMILES string of the molecule is CC(C)OC(=O)c1cccc(OC(=O)COc2ccc(Br)cc2Br)c1. The highest BCUT2D eigenvalue weighted by molar-refractivity contribution is 9.11. The lowest BCUT2D eigenvalue weighted by Crippen LogP contribution is -2.18. The van der Waals surface area contributed by atoms with Gasteiger partial charge in [-0.05, 0) is 66.2 Å². The van der Waals surface area contributed by atoms with E-state index in [-0.39, 0.29) is 18.5 Å². The highest BCUT2D eigenvalue weighted by atomic mass is 79.9. The highest BCUT2D eigenvalue weighted by Crippen LogP contribution is 2.28. The molecule has 0 heterocycles. The summed E-state index contributed by atoms with van der Waals surface area (Å²) in [4.78, 5) is 23.8. The Balaban J connectivity index is 1.95. The number of carbonyl (C=O) groups excluding carboxylic acids is 2. The second-order valence-electron chi connectivity index (χ2n) is 5.32. The Bertz CT molecular complexity index is 774. The fourth-order valence-corrected chi connectivity index (χ4v) is 3.02. The van der Waals surface area contributed by atoms with Crippen LogP contribution >= 0.6 is 31.9 Å². The van der Waals surface area contributed by atoms with Crippen molar-refractivity contribution in [1.29, 1.82) is 0 Å². The maximum atomic E-state index is 11.9. The summed E-state index contributed by atoms with van der Waals surface area (Å²) in [6, 6.07) is 11.6. The zero-order valence-electron chi connectivity index (χ0n) is 13.6. The van der Waals surface area contributed by atoms with Gasteiger partial charge in [-0.25, -0.2) is 9.59 Å². The average molecular weight is 472 g/mol. The molecule has 0 spiro atoms. The molecule has 0 saturated heterocycles. The summed E-state index contributed by atoms with van der Waals surface area (Å²) in [6.45, 7) is 3.26. The van der Waals surface area contributed by atoms with E-state index >= 15 is 0 Å². The van der Waals surface area contributed by atoms with Crippen molar-refractivity contribution in [3.05, 3.63) is 57.0 Å². The number of ether oxygens (including phenoxy) is 3. The van der Waals surface area contributed by atoms with E-state index in [4.69, 9.17) is 14.2 Å². The summed E-state index contributed by atoms with van der Waals surface area (Å²) < 4.78 is 17.3. The molecule has 0 saturated carbocycles. The topological polar surface area (TPSA) is 61.8 Å². The molecule has 2 aromatic rings. The van der Waals surface area contributed by atoms with E-state index in [1.54, 1.807) is 44.2 Å².